The van der Waals surface area contributed by atoms with E-state index in [4.69, 9.17) is 5.73 Å². The van der Waals surface area contributed by atoms with Gasteiger partial charge in [0.2, 0.25) is 5.91 Å². The lowest BCUT2D eigenvalue weighted by Crippen LogP contribution is -2.41. The number of aryl methyl sites for hydroxylation is 1. The molecule has 0 aromatic carbocycles. The van der Waals surface area contributed by atoms with E-state index in [1.165, 1.54) is 4.88 Å². The van der Waals surface area contributed by atoms with Gasteiger partial charge in [-0.15, -0.1) is 11.3 Å². The largest absolute Gasteiger partial charge is 0.346 e. The number of amides is 1. The average Bonchev–Trinajstić information content (AvgIpc) is 2.84. The minimum absolute atomic E-state index is 0.0597. The number of hydrogen-bond donors (Lipinski definition) is 2. The number of unbranched alkanes of at least 4 members (excludes halogenated alkanes) is 1. The third-order valence-corrected chi connectivity index (χ3v) is 4.18. The topological polar surface area (TPSA) is 68.0 Å². The Morgan fingerprint density at radius 1 is 1.56 bits per heavy atom. The lowest BCUT2D eigenvalue weighted by molar-refractivity contribution is -0.123. The number of nitrogens with one attached hydrogen (secondary N) is 1. The van der Waals surface area contributed by atoms with E-state index in [-0.39, 0.29) is 11.9 Å². The number of thiazole rings is 1. The number of carbonyl (C=O) groups is 1. The minimum Gasteiger partial charge on any atom is -0.346 e. The maximum atomic E-state index is 11.8. The van der Waals surface area contributed by atoms with Crippen molar-refractivity contribution in [2.45, 2.75) is 58.5 Å². The fourth-order valence-electron chi connectivity index (χ4n) is 1.62. The number of carbonyl (C=O) groups excluding carboxylic acids is 1. The predicted octanol–water partition coefficient (Wildman–Crippen LogP) is 2.40. The number of nitrogens with two attached hydrogens (primary N) is 1. The summed E-state index contributed by atoms with van der Waals surface area (Å²) >= 11 is 1.65. The Bertz CT molecular complexity index is 378. The van der Waals surface area contributed by atoms with Crippen LogP contribution >= 0.6 is 11.3 Å². The van der Waals surface area contributed by atoms with Crippen LogP contribution in [0.1, 0.15) is 56.0 Å². The molecule has 1 amide bonds. The lowest BCUT2D eigenvalue weighted by atomic mass is 10.1. The number of hydrogen-bond acceptors (Lipinski definition) is 4. The van der Waals surface area contributed by atoms with Gasteiger partial charge in [0.1, 0.15) is 5.01 Å². The van der Waals surface area contributed by atoms with E-state index in [1.807, 2.05) is 13.1 Å². The highest BCUT2D eigenvalue weighted by molar-refractivity contribution is 7.11. The molecule has 0 saturated heterocycles. The van der Waals surface area contributed by atoms with Crippen LogP contribution in [0, 0.1) is 0 Å². The maximum absolute atomic E-state index is 11.8. The average molecular weight is 269 g/mol. The SMILES string of the molecule is CCCC[C@H](N)C(=O)NC(C)c1ncc(CC)s1. The molecule has 0 radical (unpaired) electrons. The smallest absolute Gasteiger partial charge is 0.237 e. The molecule has 0 spiro atoms. The highest BCUT2D eigenvalue weighted by Gasteiger charge is 2.17. The molecule has 0 bridgehead atoms. The summed E-state index contributed by atoms with van der Waals surface area (Å²) < 4.78 is 0. The zero-order valence-corrected chi connectivity index (χ0v) is 12.2. The van der Waals surface area contributed by atoms with E-state index in [1.54, 1.807) is 11.3 Å². The zero-order valence-electron chi connectivity index (χ0n) is 11.4. The third kappa shape index (κ3) is 4.38. The van der Waals surface area contributed by atoms with Gasteiger partial charge in [-0.25, -0.2) is 4.98 Å². The summed E-state index contributed by atoms with van der Waals surface area (Å²) in [7, 11) is 0. The van der Waals surface area contributed by atoms with Gasteiger partial charge in [-0.3, -0.25) is 4.79 Å². The van der Waals surface area contributed by atoms with Crippen LogP contribution in [-0.4, -0.2) is 16.9 Å². The van der Waals surface area contributed by atoms with Gasteiger partial charge in [0.25, 0.3) is 0 Å². The van der Waals surface area contributed by atoms with Crippen molar-refractivity contribution < 1.29 is 4.79 Å². The van der Waals surface area contributed by atoms with Crippen molar-refractivity contribution in [1.29, 1.82) is 0 Å². The fourth-order valence-corrected chi connectivity index (χ4v) is 2.48. The molecule has 18 heavy (non-hydrogen) atoms. The highest BCUT2D eigenvalue weighted by atomic mass is 32.1. The second kappa shape index (κ2) is 7.48. The van der Waals surface area contributed by atoms with Crippen LogP contribution in [0.4, 0.5) is 0 Å². The minimum atomic E-state index is -0.405. The van der Waals surface area contributed by atoms with E-state index in [9.17, 15) is 4.79 Å². The van der Waals surface area contributed by atoms with Crippen molar-refractivity contribution in [3.8, 4) is 0 Å². The first-order valence-electron chi connectivity index (χ1n) is 6.59. The molecular weight excluding hydrogens is 246 g/mol. The van der Waals surface area contributed by atoms with Crippen LogP contribution in [0.15, 0.2) is 6.20 Å². The molecule has 1 heterocycles. The molecule has 0 saturated carbocycles. The Labute approximate surface area is 113 Å². The van der Waals surface area contributed by atoms with E-state index < -0.39 is 6.04 Å². The first kappa shape index (κ1) is 15.1. The summed E-state index contributed by atoms with van der Waals surface area (Å²) in [6.07, 6.45) is 5.64. The molecule has 1 rings (SSSR count). The van der Waals surface area contributed by atoms with Crippen LogP contribution in [-0.2, 0) is 11.2 Å². The van der Waals surface area contributed by atoms with Crippen LogP contribution < -0.4 is 11.1 Å². The van der Waals surface area contributed by atoms with Crippen molar-refractivity contribution in [3.05, 3.63) is 16.1 Å². The Balaban J connectivity index is 2.48. The summed E-state index contributed by atoms with van der Waals surface area (Å²) in [5.74, 6) is -0.0794. The van der Waals surface area contributed by atoms with Gasteiger partial charge in [0.05, 0.1) is 12.1 Å². The molecular formula is C13H23N3OS. The van der Waals surface area contributed by atoms with E-state index >= 15 is 0 Å². The second-order valence-electron chi connectivity index (χ2n) is 4.50. The monoisotopic (exact) mass is 269 g/mol. The lowest BCUT2D eigenvalue weighted by Gasteiger charge is -2.15. The fraction of sp³-hybridized carbons (Fsp3) is 0.692. The first-order valence-corrected chi connectivity index (χ1v) is 7.40. The van der Waals surface area contributed by atoms with Crippen molar-refractivity contribution in [1.82, 2.24) is 10.3 Å². The molecule has 2 atom stereocenters. The van der Waals surface area contributed by atoms with Crippen LogP contribution in [0.5, 0.6) is 0 Å². The van der Waals surface area contributed by atoms with E-state index in [2.05, 4.69) is 24.1 Å². The van der Waals surface area contributed by atoms with Crippen LogP contribution in [0.2, 0.25) is 0 Å². The predicted molar refractivity (Wildman–Crippen MR) is 75.6 cm³/mol. The molecule has 102 valence electrons. The van der Waals surface area contributed by atoms with Gasteiger partial charge in [-0.05, 0) is 19.8 Å². The van der Waals surface area contributed by atoms with Crippen molar-refractivity contribution in [3.63, 3.8) is 0 Å². The van der Waals surface area contributed by atoms with Gasteiger partial charge in [-0.1, -0.05) is 26.7 Å². The molecule has 0 aliphatic heterocycles. The van der Waals surface area contributed by atoms with Gasteiger partial charge >= 0.3 is 0 Å². The summed E-state index contributed by atoms with van der Waals surface area (Å²) in [6, 6.07) is -0.464. The van der Waals surface area contributed by atoms with Crippen LogP contribution in [0.25, 0.3) is 0 Å². The summed E-state index contributed by atoms with van der Waals surface area (Å²) in [5.41, 5.74) is 5.83. The zero-order chi connectivity index (χ0) is 13.5. The Kier molecular flexibility index (Phi) is 6.29. The van der Waals surface area contributed by atoms with Gasteiger partial charge in [-0.2, -0.15) is 0 Å². The van der Waals surface area contributed by atoms with E-state index in [0.29, 0.717) is 0 Å². The Hall–Kier alpha value is -0.940. The van der Waals surface area contributed by atoms with Crippen LogP contribution in [0.3, 0.4) is 0 Å². The molecule has 1 unspecified atom stereocenters. The molecule has 1 aromatic rings. The Morgan fingerprint density at radius 3 is 2.83 bits per heavy atom. The molecule has 3 N–H and O–H groups in total. The quantitative estimate of drug-likeness (QED) is 0.798. The molecule has 0 fully saturated rings. The first-order chi connectivity index (χ1) is 8.58. The van der Waals surface area contributed by atoms with E-state index in [0.717, 1.165) is 30.7 Å². The normalized spacial score (nSPS) is 14.2. The number of nitrogens with zero attached hydrogens (tertiary/aromatic N) is 1. The number of aromatic nitrogens is 1. The summed E-state index contributed by atoms with van der Waals surface area (Å²) in [5, 5.41) is 3.87. The Morgan fingerprint density at radius 2 is 2.28 bits per heavy atom. The van der Waals surface area contributed by atoms with Gasteiger partial charge in [0.15, 0.2) is 0 Å². The third-order valence-electron chi connectivity index (χ3n) is 2.85. The van der Waals surface area contributed by atoms with Gasteiger partial charge in [0, 0.05) is 11.1 Å². The van der Waals surface area contributed by atoms with Crippen molar-refractivity contribution >= 4 is 17.2 Å². The molecule has 0 aliphatic carbocycles. The van der Waals surface area contributed by atoms with Gasteiger partial charge < -0.3 is 11.1 Å². The molecule has 4 nitrogen and oxygen atoms in total. The summed E-state index contributed by atoms with van der Waals surface area (Å²) in [6.45, 7) is 6.14. The molecule has 0 aliphatic rings. The standard InChI is InChI=1S/C13H23N3OS/c1-4-6-7-11(14)12(17)16-9(3)13-15-8-10(5-2)18-13/h8-9,11H,4-7,14H2,1-3H3,(H,16,17)/t9?,11-/m0/s1. The van der Waals surface area contributed by atoms with Crippen molar-refractivity contribution in [2.24, 2.45) is 5.73 Å². The second-order valence-corrected chi connectivity index (χ2v) is 5.64. The highest BCUT2D eigenvalue weighted by Crippen LogP contribution is 2.20. The maximum Gasteiger partial charge on any atom is 0.237 e. The van der Waals surface area contributed by atoms with Crippen molar-refractivity contribution in [2.75, 3.05) is 0 Å². The molecule has 1 aromatic heterocycles. The summed E-state index contributed by atoms with van der Waals surface area (Å²) in [4.78, 5) is 17.4. The number of rotatable bonds is 7. The molecule has 5 heteroatoms.